The Hall–Kier alpha value is -2.25. The number of nitrogens with zero attached hydrogens (tertiary/aromatic N) is 1. The lowest BCUT2D eigenvalue weighted by molar-refractivity contribution is 0.0696. The SMILES string of the molecule is CCc1cncc(C(=O)O)c1C#Cc1ccc2c(c1)C(C)(C)CCS2. The lowest BCUT2D eigenvalue weighted by Crippen LogP contribution is -2.22. The summed E-state index contributed by atoms with van der Waals surface area (Å²) in [5, 5.41) is 9.40. The van der Waals surface area contributed by atoms with Crippen LogP contribution in [-0.2, 0) is 11.8 Å². The molecule has 0 saturated carbocycles. The Morgan fingerprint density at radius 3 is 2.84 bits per heavy atom. The third-order valence-electron chi connectivity index (χ3n) is 4.66. The quantitative estimate of drug-likeness (QED) is 0.809. The van der Waals surface area contributed by atoms with Crippen LogP contribution < -0.4 is 0 Å². The molecule has 0 amide bonds. The molecule has 1 aromatic heterocycles. The van der Waals surface area contributed by atoms with Crippen LogP contribution in [0, 0.1) is 11.8 Å². The number of fused-ring (bicyclic) bond motifs is 1. The third-order valence-corrected chi connectivity index (χ3v) is 5.74. The van der Waals surface area contributed by atoms with E-state index >= 15 is 0 Å². The van der Waals surface area contributed by atoms with E-state index in [1.54, 1.807) is 6.20 Å². The first-order valence-corrected chi connectivity index (χ1v) is 9.40. The maximum atomic E-state index is 11.5. The van der Waals surface area contributed by atoms with Crippen LogP contribution in [0.3, 0.4) is 0 Å². The largest absolute Gasteiger partial charge is 0.478 e. The van der Waals surface area contributed by atoms with Crippen molar-refractivity contribution in [3.05, 3.63) is 58.4 Å². The van der Waals surface area contributed by atoms with Gasteiger partial charge in [0.1, 0.15) is 0 Å². The number of benzene rings is 1. The Morgan fingerprint density at radius 1 is 1.32 bits per heavy atom. The van der Waals surface area contributed by atoms with Crippen LogP contribution in [0.2, 0.25) is 0 Å². The van der Waals surface area contributed by atoms with E-state index in [2.05, 4.69) is 42.8 Å². The minimum Gasteiger partial charge on any atom is -0.478 e. The van der Waals surface area contributed by atoms with Gasteiger partial charge in [0.05, 0.1) is 5.56 Å². The highest BCUT2D eigenvalue weighted by atomic mass is 32.2. The van der Waals surface area contributed by atoms with Gasteiger partial charge in [0, 0.05) is 28.4 Å². The molecule has 0 aliphatic carbocycles. The summed E-state index contributed by atoms with van der Waals surface area (Å²) >= 11 is 1.89. The molecule has 4 heteroatoms. The van der Waals surface area contributed by atoms with Crippen LogP contribution in [0.1, 0.15) is 59.8 Å². The molecule has 25 heavy (non-hydrogen) atoms. The molecule has 0 fully saturated rings. The number of carboxylic acid groups (broad SMARTS) is 1. The summed E-state index contributed by atoms with van der Waals surface area (Å²) in [6, 6.07) is 6.31. The minimum absolute atomic E-state index is 0.149. The highest BCUT2D eigenvalue weighted by Gasteiger charge is 2.27. The van der Waals surface area contributed by atoms with Gasteiger partial charge in [-0.3, -0.25) is 4.98 Å². The second kappa shape index (κ2) is 6.93. The van der Waals surface area contributed by atoms with Crippen molar-refractivity contribution in [2.24, 2.45) is 0 Å². The topological polar surface area (TPSA) is 50.2 Å². The van der Waals surface area contributed by atoms with Crippen molar-refractivity contribution >= 4 is 17.7 Å². The lowest BCUT2D eigenvalue weighted by Gasteiger charge is -2.32. The number of hydrogen-bond donors (Lipinski definition) is 1. The first kappa shape index (κ1) is 17.6. The van der Waals surface area contributed by atoms with Crippen molar-refractivity contribution in [1.29, 1.82) is 0 Å². The molecule has 0 radical (unpaired) electrons. The first-order valence-electron chi connectivity index (χ1n) is 8.42. The summed E-state index contributed by atoms with van der Waals surface area (Å²) < 4.78 is 0. The van der Waals surface area contributed by atoms with Crippen molar-refractivity contribution in [2.45, 2.75) is 43.9 Å². The van der Waals surface area contributed by atoms with Crippen LogP contribution in [0.4, 0.5) is 0 Å². The van der Waals surface area contributed by atoms with E-state index in [0.29, 0.717) is 12.0 Å². The van der Waals surface area contributed by atoms with Gasteiger partial charge in [-0.15, -0.1) is 11.8 Å². The van der Waals surface area contributed by atoms with E-state index in [0.717, 1.165) is 23.3 Å². The number of thioether (sulfide) groups is 1. The van der Waals surface area contributed by atoms with E-state index < -0.39 is 5.97 Å². The zero-order valence-corrected chi connectivity index (χ0v) is 15.5. The molecule has 2 heterocycles. The first-order chi connectivity index (χ1) is 11.9. The maximum absolute atomic E-state index is 11.5. The lowest BCUT2D eigenvalue weighted by atomic mass is 9.81. The molecule has 0 atom stereocenters. The Labute approximate surface area is 152 Å². The predicted molar refractivity (Wildman–Crippen MR) is 101 cm³/mol. The van der Waals surface area contributed by atoms with Crippen molar-refractivity contribution < 1.29 is 9.90 Å². The van der Waals surface area contributed by atoms with E-state index in [9.17, 15) is 9.90 Å². The number of hydrogen-bond acceptors (Lipinski definition) is 3. The van der Waals surface area contributed by atoms with Gasteiger partial charge in [-0.25, -0.2) is 4.79 Å². The Bertz CT molecular complexity index is 890. The molecular weight excluding hydrogens is 330 g/mol. The van der Waals surface area contributed by atoms with Gasteiger partial charge in [0.15, 0.2) is 0 Å². The molecule has 3 rings (SSSR count). The van der Waals surface area contributed by atoms with Gasteiger partial charge in [-0.2, -0.15) is 0 Å². The van der Waals surface area contributed by atoms with Crippen LogP contribution in [-0.4, -0.2) is 21.8 Å². The molecule has 0 spiro atoms. The summed E-state index contributed by atoms with van der Waals surface area (Å²) in [6.07, 6.45) is 4.92. The predicted octanol–water partition coefficient (Wildman–Crippen LogP) is 4.52. The van der Waals surface area contributed by atoms with E-state index in [1.165, 1.54) is 16.7 Å². The molecule has 1 N–H and O–H groups in total. The normalized spacial score (nSPS) is 15.0. The summed E-state index contributed by atoms with van der Waals surface area (Å²) in [5.74, 6) is 6.41. The monoisotopic (exact) mass is 351 g/mol. The molecule has 0 saturated heterocycles. The number of aromatic carboxylic acids is 1. The van der Waals surface area contributed by atoms with Gasteiger partial charge in [0.2, 0.25) is 0 Å². The van der Waals surface area contributed by atoms with E-state index in [1.807, 2.05) is 24.8 Å². The van der Waals surface area contributed by atoms with Gasteiger partial charge in [-0.05, 0) is 53.3 Å². The fraction of sp³-hybridized carbons (Fsp3) is 0.333. The summed E-state index contributed by atoms with van der Waals surface area (Å²) in [4.78, 5) is 16.8. The Morgan fingerprint density at radius 2 is 2.12 bits per heavy atom. The number of pyridine rings is 1. The van der Waals surface area contributed by atoms with Crippen LogP contribution in [0.15, 0.2) is 35.5 Å². The summed E-state index contributed by atoms with van der Waals surface area (Å²) in [6.45, 7) is 6.51. The maximum Gasteiger partial charge on any atom is 0.338 e. The Kier molecular flexibility index (Phi) is 4.87. The van der Waals surface area contributed by atoms with Gasteiger partial charge in [0.25, 0.3) is 0 Å². The number of carbonyl (C=O) groups is 1. The van der Waals surface area contributed by atoms with Crippen molar-refractivity contribution in [1.82, 2.24) is 4.98 Å². The van der Waals surface area contributed by atoms with Gasteiger partial charge < -0.3 is 5.11 Å². The van der Waals surface area contributed by atoms with Crippen molar-refractivity contribution in [3.63, 3.8) is 0 Å². The highest BCUT2D eigenvalue weighted by Crippen LogP contribution is 2.41. The molecule has 0 unspecified atom stereocenters. The molecule has 0 bridgehead atoms. The molecule has 2 aromatic rings. The molecule has 1 aliphatic heterocycles. The average Bonchev–Trinajstić information content (AvgIpc) is 2.59. The number of aromatic nitrogens is 1. The second-order valence-electron chi connectivity index (χ2n) is 6.82. The van der Waals surface area contributed by atoms with Crippen molar-refractivity contribution in [3.8, 4) is 11.8 Å². The van der Waals surface area contributed by atoms with E-state index in [4.69, 9.17) is 0 Å². The van der Waals surface area contributed by atoms with Crippen molar-refractivity contribution in [2.75, 3.05) is 5.75 Å². The van der Waals surface area contributed by atoms with Crippen LogP contribution in [0.5, 0.6) is 0 Å². The van der Waals surface area contributed by atoms with Crippen LogP contribution in [0.25, 0.3) is 0 Å². The third kappa shape index (κ3) is 3.57. The smallest absolute Gasteiger partial charge is 0.338 e. The fourth-order valence-electron chi connectivity index (χ4n) is 3.03. The van der Waals surface area contributed by atoms with Gasteiger partial charge in [-0.1, -0.05) is 32.6 Å². The molecule has 1 aromatic carbocycles. The number of carboxylic acids is 1. The number of rotatable bonds is 2. The standard InChI is InChI=1S/C21H21NO2S/c1-4-15-12-22-13-17(20(23)24)16(15)7-5-14-6-8-19-18(11-14)21(2,3)9-10-25-19/h6,8,11-13H,4,9-10H2,1-3H3,(H,23,24). The van der Waals surface area contributed by atoms with Crippen LogP contribution >= 0.6 is 11.8 Å². The zero-order chi connectivity index (χ0) is 18.0. The average molecular weight is 351 g/mol. The van der Waals surface area contributed by atoms with Gasteiger partial charge >= 0.3 is 5.97 Å². The molecule has 3 nitrogen and oxygen atoms in total. The molecular formula is C21H21NO2S. The second-order valence-corrected chi connectivity index (χ2v) is 7.96. The summed E-state index contributed by atoms with van der Waals surface area (Å²) in [5.41, 5.74) is 4.00. The summed E-state index contributed by atoms with van der Waals surface area (Å²) in [7, 11) is 0. The van der Waals surface area contributed by atoms with E-state index in [-0.39, 0.29) is 11.0 Å². The fourth-order valence-corrected chi connectivity index (χ4v) is 4.52. The molecule has 1 aliphatic rings. The Balaban J connectivity index is 2.05. The highest BCUT2D eigenvalue weighted by molar-refractivity contribution is 7.99. The zero-order valence-electron chi connectivity index (χ0n) is 14.7. The number of aryl methyl sites for hydroxylation is 1. The minimum atomic E-state index is -0.991. The molecule has 128 valence electrons.